The third kappa shape index (κ3) is 3.66. The maximum atomic E-state index is 5.89. The van der Waals surface area contributed by atoms with Crippen LogP contribution in [0.5, 0.6) is 0 Å². The first-order chi connectivity index (χ1) is 11.9. The predicted molar refractivity (Wildman–Crippen MR) is 96.5 cm³/mol. The van der Waals surface area contributed by atoms with Gasteiger partial charge in [0.25, 0.3) is 0 Å². The van der Waals surface area contributed by atoms with Crippen molar-refractivity contribution in [2.45, 2.75) is 38.0 Å². The zero-order chi connectivity index (χ0) is 16.2. The van der Waals surface area contributed by atoms with Gasteiger partial charge in [0, 0.05) is 24.9 Å². The summed E-state index contributed by atoms with van der Waals surface area (Å²) >= 11 is 2.06. The SMILES string of the molecule is c1ccc(-n2ncnc2CN(C[C@H]2CCCO2)[C@@H]2CCSC2)cc1. The van der Waals surface area contributed by atoms with E-state index < -0.39 is 0 Å². The predicted octanol–water partition coefficient (Wildman–Crippen LogP) is 2.75. The van der Waals surface area contributed by atoms with Crippen LogP contribution in [0, 0.1) is 0 Å². The number of hydrogen-bond donors (Lipinski definition) is 0. The van der Waals surface area contributed by atoms with Crippen LogP contribution >= 0.6 is 11.8 Å². The molecule has 0 spiro atoms. The van der Waals surface area contributed by atoms with E-state index in [2.05, 4.69) is 38.9 Å². The quantitative estimate of drug-likeness (QED) is 0.806. The van der Waals surface area contributed by atoms with E-state index in [1.165, 1.54) is 30.8 Å². The van der Waals surface area contributed by atoms with Crippen LogP contribution < -0.4 is 0 Å². The topological polar surface area (TPSA) is 43.2 Å². The first-order valence-electron chi connectivity index (χ1n) is 8.78. The van der Waals surface area contributed by atoms with Crippen molar-refractivity contribution in [3.05, 3.63) is 42.5 Å². The molecule has 2 aliphatic rings. The fourth-order valence-corrected chi connectivity index (χ4v) is 4.80. The van der Waals surface area contributed by atoms with Crippen LogP contribution in [0.15, 0.2) is 36.7 Å². The van der Waals surface area contributed by atoms with Gasteiger partial charge in [-0.15, -0.1) is 0 Å². The molecule has 0 radical (unpaired) electrons. The van der Waals surface area contributed by atoms with Crippen molar-refractivity contribution < 1.29 is 4.74 Å². The summed E-state index contributed by atoms with van der Waals surface area (Å²) < 4.78 is 7.85. The summed E-state index contributed by atoms with van der Waals surface area (Å²) in [5, 5.41) is 4.44. The second-order valence-corrected chi connectivity index (χ2v) is 7.66. The van der Waals surface area contributed by atoms with Crippen molar-refractivity contribution in [1.82, 2.24) is 19.7 Å². The molecule has 3 heterocycles. The fraction of sp³-hybridized carbons (Fsp3) is 0.556. The molecule has 2 aliphatic heterocycles. The summed E-state index contributed by atoms with van der Waals surface area (Å²) in [5.41, 5.74) is 1.07. The number of rotatable bonds is 6. The van der Waals surface area contributed by atoms with Crippen LogP contribution in [0.2, 0.25) is 0 Å². The molecule has 0 aliphatic carbocycles. The van der Waals surface area contributed by atoms with Crippen LogP contribution in [0.1, 0.15) is 25.1 Å². The second kappa shape index (κ2) is 7.68. The summed E-state index contributed by atoms with van der Waals surface area (Å²) in [5.74, 6) is 3.49. The molecule has 128 valence electrons. The average Bonchev–Trinajstić information content (AvgIpc) is 3.38. The number of para-hydroxylation sites is 1. The Balaban J connectivity index is 1.53. The third-order valence-electron chi connectivity index (χ3n) is 4.85. The minimum absolute atomic E-state index is 0.378. The number of ether oxygens (including phenoxy) is 1. The summed E-state index contributed by atoms with van der Waals surface area (Å²) in [7, 11) is 0. The number of nitrogens with zero attached hydrogens (tertiary/aromatic N) is 4. The molecule has 2 fully saturated rings. The Morgan fingerprint density at radius 3 is 2.92 bits per heavy atom. The highest BCUT2D eigenvalue weighted by molar-refractivity contribution is 7.99. The molecule has 0 amide bonds. The van der Waals surface area contributed by atoms with Crippen molar-refractivity contribution in [2.75, 3.05) is 24.7 Å². The first kappa shape index (κ1) is 16.1. The van der Waals surface area contributed by atoms with Crippen molar-refractivity contribution in [3.8, 4) is 5.69 Å². The molecule has 0 unspecified atom stereocenters. The van der Waals surface area contributed by atoms with Crippen LogP contribution in [0.25, 0.3) is 5.69 Å². The lowest BCUT2D eigenvalue weighted by molar-refractivity contribution is 0.0562. The van der Waals surface area contributed by atoms with Gasteiger partial charge in [-0.1, -0.05) is 18.2 Å². The van der Waals surface area contributed by atoms with Gasteiger partial charge >= 0.3 is 0 Å². The van der Waals surface area contributed by atoms with E-state index in [4.69, 9.17) is 4.74 Å². The van der Waals surface area contributed by atoms with Crippen LogP contribution in [-0.4, -0.2) is 56.5 Å². The normalized spacial score (nSPS) is 24.0. The van der Waals surface area contributed by atoms with E-state index >= 15 is 0 Å². The van der Waals surface area contributed by atoms with E-state index in [1.54, 1.807) is 6.33 Å². The molecule has 1 aromatic heterocycles. The molecule has 1 aromatic carbocycles. The molecule has 2 atom stereocenters. The average molecular weight is 344 g/mol. The summed E-state index contributed by atoms with van der Waals surface area (Å²) in [4.78, 5) is 7.11. The Bertz CT molecular complexity index is 635. The lowest BCUT2D eigenvalue weighted by Gasteiger charge is -2.30. The van der Waals surface area contributed by atoms with Crippen LogP contribution in [0.4, 0.5) is 0 Å². The number of hydrogen-bond acceptors (Lipinski definition) is 5. The maximum Gasteiger partial charge on any atom is 0.146 e. The molecule has 24 heavy (non-hydrogen) atoms. The number of benzene rings is 1. The highest BCUT2D eigenvalue weighted by Gasteiger charge is 2.28. The van der Waals surface area contributed by atoms with Gasteiger partial charge in [0.1, 0.15) is 12.2 Å². The summed E-state index contributed by atoms with van der Waals surface area (Å²) in [6.07, 6.45) is 5.68. The second-order valence-electron chi connectivity index (χ2n) is 6.51. The smallest absolute Gasteiger partial charge is 0.146 e. The molecule has 2 aromatic rings. The van der Waals surface area contributed by atoms with E-state index in [0.29, 0.717) is 12.1 Å². The summed E-state index contributed by atoms with van der Waals surface area (Å²) in [6, 6.07) is 10.9. The maximum absolute atomic E-state index is 5.89. The minimum atomic E-state index is 0.378. The molecular weight excluding hydrogens is 320 g/mol. The minimum Gasteiger partial charge on any atom is -0.377 e. The van der Waals surface area contributed by atoms with Crippen molar-refractivity contribution in [3.63, 3.8) is 0 Å². The Morgan fingerprint density at radius 1 is 1.25 bits per heavy atom. The van der Waals surface area contributed by atoms with Crippen molar-refractivity contribution in [2.24, 2.45) is 0 Å². The van der Waals surface area contributed by atoms with Crippen LogP contribution in [0.3, 0.4) is 0 Å². The lowest BCUT2D eigenvalue weighted by atomic mass is 10.1. The fourth-order valence-electron chi connectivity index (χ4n) is 3.54. The van der Waals surface area contributed by atoms with Gasteiger partial charge in [-0.05, 0) is 37.1 Å². The number of thioether (sulfide) groups is 1. The molecule has 0 bridgehead atoms. The standard InChI is InChI=1S/C18H24N4OS/c1-2-5-15(6-3-1)22-18(19-14-20-22)12-21(16-8-10-24-13-16)11-17-7-4-9-23-17/h1-3,5-6,14,16-17H,4,7-13H2/t16-,17-/m1/s1. The van der Waals surface area contributed by atoms with Gasteiger partial charge in [-0.2, -0.15) is 16.9 Å². The van der Waals surface area contributed by atoms with E-state index in [1.807, 2.05) is 22.9 Å². The number of aromatic nitrogens is 3. The highest BCUT2D eigenvalue weighted by Crippen LogP contribution is 2.26. The zero-order valence-corrected chi connectivity index (χ0v) is 14.7. The molecule has 4 rings (SSSR count). The first-order valence-corrected chi connectivity index (χ1v) is 9.93. The van der Waals surface area contributed by atoms with Gasteiger partial charge in [0.2, 0.25) is 0 Å². The Hall–Kier alpha value is -1.37. The molecule has 2 saturated heterocycles. The summed E-state index contributed by atoms with van der Waals surface area (Å²) in [6.45, 7) is 2.75. The van der Waals surface area contributed by atoms with Gasteiger partial charge in [-0.25, -0.2) is 9.67 Å². The Morgan fingerprint density at radius 2 is 2.17 bits per heavy atom. The van der Waals surface area contributed by atoms with Crippen molar-refractivity contribution >= 4 is 11.8 Å². The van der Waals surface area contributed by atoms with E-state index in [-0.39, 0.29) is 0 Å². The van der Waals surface area contributed by atoms with E-state index in [0.717, 1.165) is 31.2 Å². The largest absolute Gasteiger partial charge is 0.377 e. The lowest BCUT2D eigenvalue weighted by Crippen LogP contribution is -2.40. The zero-order valence-electron chi connectivity index (χ0n) is 13.9. The van der Waals surface area contributed by atoms with Gasteiger partial charge in [0.05, 0.1) is 18.3 Å². The Kier molecular flexibility index (Phi) is 5.16. The monoisotopic (exact) mass is 344 g/mol. The molecule has 5 nitrogen and oxygen atoms in total. The Labute approximate surface area is 147 Å². The van der Waals surface area contributed by atoms with E-state index in [9.17, 15) is 0 Å². The molecular formula is C18H24N4OS. The van der Waals surface area contributed by atoms with Gasteiger partial charge < -0.3 is 4.74 Å². The van der Waals surface area contributed by atoms with Crippen molar-refractivity contribution in [1.29, 1.82) is 0 Å². The van der Waals surface area contributed by atoms with Gasteiger partial charge in [-0.3, -0.25) is 4.90 Å². The highest BCUT2D eigenvalue weighted by atomic mass is 32.2. The van der Waals surface area contributed by atoms with Gasteiger partial charge in [0.15, 0.2) is 0 Å². The molecule has 0 N–H and O–H groups in total. The third-order valence-corrected chi connectivity index (χ3v) is 5.99. The molecule has 6 heteroatoms. The molecule has 0 saturated carbocycles. The van der Waals surface area contributed by atoms with Crippen LogP contribution in [-0.2, 0) is 11.3 Å².